The topological polar surface area (TPSA) is 49.3 Å². The van der Waals surface area contributed by atoms with E-state index in [-0.39, 0.29) is 5.75 Å². The smallest absolute Gasteiger partial charge is 0.165 e. The second-order valence-electron chi connectivity index (χ2n) is 6.31. The Kier molecular flexibility index (Phi) is 4.03. The molecule has 1 fully saturated rings. The summed E-state index contributed by atoms with van der Waals surface area (Å²) in [6, 6.07) is 15.4. The van der Waals surface area contributed by atoms with Crippen LogP contribution >= 0.6 is 0 Å². The molecular formula is C20H21N3O. The van der Waals surface area contributed by atoms with Gasteiger partial charge in [0.25, 0.3) is 0 Å². The number of para-hydroxylation sites is 2. The molecule has 4 rings (SSSR count). The predicted molar refractivity (Wildman–Crippen MR) is 97.3 cm³/mol. The maximum atomic E-state index is 10.2. The molecule has 4 heteroatoms. The highest BCUT2D eigenvalue weighted by Gasteiger charge is 2.17. The first-order chi connectivity index (χ1) is 11.8. The van der Waals surface area contributed by atoms with Crippen molar-refractivity contribution in [3.05, 3.63) is 48.5 Å². The average Bonchev–Trinajstić information content (AvgIpc) is 2.90. The largest absolute Gasteiger partial charge is 0.507 e. The minimum Gasteiger partial charge on any atom is -0.507 e. The first kappa shape index (κ1) is 14.9. The maximum Gasteiger partial charge on any atom is 0.165 e. The van der Waals surface area contributed by atoms with E-state index in [0.29, 0.717) is 11.4 Å². The van der Waals surface area contributed by atoms with E-state index in [9.17, 15) is 5.11 Å². The number of fused-ring (bicyclic) bond motifs is 1. The monoisotopic (exact) mass is 319 g/mol. The van der Waals surface area contributed by atoms with Gasteiger partial charge >= 0.3 is 0 Å². The Labute approximate surface area is 141 Å². The number of aromatic nitrogens is 2. The van der Waals surface area contributed by atoms with E-state index in [2.05, 4.69) is 16.0 Å². The van der Waals surface area contributed by atoms with Gasteiger partial charge in [-0.3, -0.25) is 0 Å². The van der Waals surface area contributed by atoms with Gasteiger partial charge in [0.15, 0.2) is 5.82 Å². The molecular weight excluding hydrogens is 298 g/mol. The molecule has 0 bridgehead atoms. The van der Waals surface area contributed by atoms with E-state index < -0.39 is 0 Å². The summed E-state index contributed by atoms with van der Waals surface area (Å²) in [7, 11) is 0. The van der Waals surface area contributed by atoms with Crippen molar-refractivity contribution in [2.45, 2.75) is 25.7 Å². The SMILES string of the molecule is Oc1ccccc1-c1nc(N2CCCCCC2)c2ccccc2n1. The highest BCUT2D eigenvalue weighted by Crippen LogP contribution is 2.32. The zero-order chi connectivity index (χ0) is 16.4. The van der Waals surface area contributed by atoms with Crippen LogP contribution in [-0.4, -0.2) is 28.2 Å². The molecule has 1 aromatic heterocycles. The third kappa shape index (κ3) is 2.80. The number of benzene rings is 2. The van der Waals surface area contributed by atoms with Crippen LogP contribution in [0.4, 0.5) is 5.82 Å². The Morgan fingerprint density at radius 1 is 0.792 bits per heavy atom. The fourth-order valence-corrected chi connectivity index (χ4v) is 3.37. The summed E-state index contributed by atoms with van der Waals surface area (Å²) in [6.07, 6.45) is 4.96. The van der Waals surface area contributed by atoms with E-state index in [1.807, 2.05) is 36.4 Å². The number of hydrogen-bond acceptors (Lipinski definition) is 4. The minimum atomic E-state index is 0.217. The summed E-state index contributed by atoms with van der Waals surface area (Å²) in [6.45, 7) is 2.06. The molecule has 1 saturated heterocycles. The molecule has 0 atom stereocenters. The number of aromatic hydroxyl groups is 1. The lowest BCUT2D eigenvalue weighted by atomic mass is 10.1. The quantitative estimate of drug-likeness (QED) is 0.761. The number of phenolic OH excluding ortho intramolecular Hbond substituents is 1. The molecule has 0 unspecified atom stereocenters. The molecule has 1 aliphatic rings. The van der Waals surface area contributed by atoms with E-state index in [1.54, 1.807) is 6.07 Å². The molecule has 4 nitrogen and oxygen atoms in total. The molecule has 24 heavy (non-hydrogen) atoms. The van der Waals surface area contributed by atoms with Crippen LogP contribution in [0.3, 0.4) is 0 Å². The van der Waals surface area contributed by atoms with Gasteiger partial charge in [-0.15, -0.1) is 0 Å². The van der Waals surface area contributed by atoms with Gasteiger partial charge in [-0.25, -0.2) is 9.97 Å². The molecule has 0 radical (unpaired) electrons. The Bertz CT molecular complexity index is 854. The van der Waals surface area contributed by atoms with Crippen LogP contribution in [0, 0.1) is 0 Å². The summed E-state index contributed by atoms with van der Waals surface area (Å²) in [5, 5.41) is 11.3. The van der Waals surface area contributed by atoms with Crippen LogP contribution in [0.15, 0.2) is 48.5 Å². The summed E-state index contributed by atoms with van der Waals surface area (Å²) < 4.78 is 0. The second kappa shape index (κ2) is 6.48. The van der Waals surface area contributed by atoms with Crippen LogP contribution < -0.4 is 4.90 Å². The van der Waals surface area contributed by atoms with E-state index in [1.165, 1.54) is 25.7 Å². The fourth-order valence-electron chi connectivity index (χ4n) is 3.37. The lowest BCUT2D eigenvalue weighted by Gasteiger charge is -2.23. The Morgan fingerprint density at radius 2 is 1.50 bits per heavy atom. The second-order valence-corrected chi connectivity index (χ2v) is 6.31. The summed E-state index contributed by atoms with van der Waals surface area (Å²) in [4.78, 5) is 11.9. The zero-order valence-electron chi connectivity index (χ0n) is 13.7. The Balaban J connectivity index is 1.89. The molecule has 122 valence electrons. The normalized spacial score (nSPS) is 15.4. The van der Waals surface area contributed by atoms with Gasteiger partial charge in [0.05, 0.1) is 11.1 Å². The number of phenols is 1. The van der Waals surface area contributed by atoms with Crippen molar-refractivity contribution in [2.24, 2.45) is 0 Å². The number of rotatable bonds is 2. The molecule has 1 N–H and O–H groups in total. The maximum absolute atomic E-state index is 10.2. The third-order valence-electron chi connectivity index (χ3n) is 4.63. The van der Waals surface area contributed by atoms with Crippen molar-refractivity contribution >= 4 is 16.7 Å². The Morgan fingerprint density at radius 3 is 2.29 bits per heavy atom. The lowest BCUT2D eigenvalue weighted by molar-refractivity contribution is 0.477. The first-order valence-corrected chi connectivity index (χ1v) is 8.63. The van der Waals surface area contributed by atoms with Crippen LogP contribution in [0.2, 0.25) is 0 Å². The van der Waals surface area contributed by atoms with Crippen molar-refractivity contribution in [1.82, 2.24) is 9.97 Å². The van der Waals surface area contributed by atoms with Gasteiger partial charge in [0, 0.05) is 18.5 Å². The van der Waals surface area contributed by atoms with E-state index >= 15 is 0 Å². The molecule has 0 saturated carbocycles. The van der Waals surface area contributed by atoms with Crippen molar-refractivity contribution in [3.8, 4) is 17.1 Å². The first-order valence-electron chi connectivity index (χ1n) is 8.63. The van der Waals surface area contributed by atoms with Gasteiger partial charge < -0.3 is 10.0 Å². The predicted octanol–water partition coefficient (Wildman–Crippen LogP) is 4.38. The van der Waals surface area contributed by atoms with Gasteiger partial charge in [-0.1, -0.05) is 37.1 Å². The molecule has 2 aromatic carbocycles. The standard InChI is InChI=1S/C20H21N3O/c24-18-12-6-4-10-16(18)19-21-17-11-5-3-9-15(17)20(22-19)23-13-7-1-2-8-14-23/h3-6,9-12,24H,1-2,7-8,13-14H2. The molecule has 2 heterocycles. The van der Waals surface area contributed by atoms with Crippen LogP contribution in [-0.2, 0) is 0 Å². The van der Waals surface area contributed by atoms with Crippen molar-refractivity contribution < 1.29 is 5.11 Å². The number of nitrogens with zero attached hydrogens (tertiary/aromatic N) is 3. The van der Waals surface area contributed by atoms with Crippen LogP contribution in [0.5, 0.6) is 5.75 Å². The van der Waals surface area contributed by atoms with Crippen molar-refractivity contribution in [3.63, 3.8) is 0 Å². The molecule has 0 aliphatic carbocycles. The minimum absolute atomic E-state index is 0.217. The molecule has 1 aliphatic heterocycles. The van der Waals surface area contributed by atoms with Gasteiger partial charge in [-0.2, -0.15) is 0 Å². The van der Waals surface area contributed by atoms with E-state index in [4.69, 9.17) is 4.98 Å². The van der Waals surface area contributed by atoms with Gasteiger partial charge in [0.1, 0.15) is 11.6 Å². The number of hydrogen-bond donors (Lipinski definition) is 1. The summed E-state index contributed by atoms with van der Waals surface area (Å²) in [5.41, 5.74) is 1.60. The lowest BCUT2D eigenvalue weighted by Crippen LogP contribution is -2.25. The van der Waals surface area contributed by atoms with Crippen LogP contribution in [0.1, 0.15) is 25.7 Å². The molecule has 0 spiro atoms. The summed E-state index contributed by atoms with van der Waals surface area (Å²) in [5.74, 6) is 1.79. The highest BCUT2D eigenvalue weighted by molar-refractivity contribution is 5.91. The van der Waals surface area contributed by atoms with Crippen molar-refractivity contribution in [2.75, 3.05) is 18.0 Å². The van der Waals surface area contributed by atoms with Gasteiger partial charge in [-0.05, 0) is 37.1 Å². The van der Waals surface area contributed by atoms with Crippen molar-refractivity contribution in [1.29, 1.82) is 0 Å². The summed E-state index contributed by atoms with van der Waals surface area (Å²) >= 11 is 0. The third-order valence-corrected chi connectivity index (χ3v) is 4.63. The average molecular weight is 319 g/mol. The van der Waals surface area contributed by atoms with Gasteiger partial charge in [0.2, 0.25) is 0 Å². The number of anilines is 1. The zero-order valence-corrected chi connectivity index (χ0v) is 13.7. The van der Waals surface area contributed by atoms with E-state index in [0.717, 1.165) is 29.8 Å². The molecule has 3 aromatic rings. The Hall–Kier alpha value is -2.62. The molecule has 0 amide bonds. The highest BCUT2D eigenvalue weighted by atomic mass is 16.3. The van der Waals surface area contributed by atoms with Crippen LogP contribution in [0.25, 0.3) is 22.3 Å². The fraction of sp³-hybridized carbons (Fsp3) is 0.300.